The minimum absolute atomic E-state index is 0.109. The Hall–Kier alpha value is -3.22. The van der Waals surface area contributed by atoms with E-state index in [1.54, 1.807) is 30.3 Å². The van der Waals surface area contributed by atoms with Crippen molar-refractivity contribution >= 4 is 17.8 Å². The van der Waals surface area contributed by atoms with Gasteiger partial charge in [0.15, 0.2) is 0 Å². The molecule has 2 aromatic rings. The van der Waals surface area contributed by atoms with Crippen LogP contribution >= 0.6 is 0 Å². The molecule has 0 spiro atoms. The minimum Gasteiger partial charge on any atom is -0.427 e. The molecule has 0 fully saturated rings. The number of carbonyl (C=O) groups is 3. The van der Waals surface area contributed by atoms with E-state index in [-0.39, 0.29) is 36.3 Å². The van der Waals surface area contributed by atoms with Crippen molar-refractivity contribution in [1.82, 2.24) is 10.6 Å². The van der Waals surface area contributed by atoms with Gasteiger partial charge in [-0.25, -0.2) is 4.39 Å². The molecule has 2 N–H and O–H groups in total. The van der Waals surface area contributed by atoms with Crippen molar-refractivity contribution < 1.29 is 23.5 Å². The van der Waals surface area contributed by atoms with Crippen molar-refractivity contribution in [3.05, 3.63) is 66.0 Å². The molecule has 0 saturated heterocycles. The van der Waals surface area contributed by atoms with Crippen molar-refractivity contribution in [2.45, 2.75) is 39.2 Å². The Morgan fingerprint density at radius 3 is 2.33 bits per heavy atom. The van der Waals surface area contributed by atoms with E-state index in [0.717, 1.165) is 0 Å². The summed E-state index contributed by atoms with van der Waals surface area (Å²) in [6.45, 7) is 4.11. The second-order valence-electron chi connectivity index (χ2n) is 7.32. The molecule has 0 saturated carbocycles. The summed E-state index contributed by atoms with van der Waals surface area (Å²) in [4.78, 5) is 36.7. The number of para-hydroxylation sites is 1. The normalized spacial score (nSPS) is 11.6. The zero-order valence-corrected chi connectivity index (χ0v) is 17.2. The van der Waals surface area contributed by atoms with Gasteiger partial charge in [0.25, 0.3) is 5.91 Å². The van der Waals surface area contributed by atoms with Crippen molar-refractivity contribution in [3.63, 3.8) is 0 Å². The maximum Gasteiger partial charge on any atom is 0.311 e. The van der Waals surface area contributed by atoms with Gasteiger partial charge in [0.05, 0.1) is 5.56 Å². The first-order valence-corrected chi connectivity index (χ1v) is 9.95. The van der Waals surface area contributed by atoms with E-state index >= 15 is 0 Å². The number of ether oxygens (including phenoxy) is 1. The number of nitrogens with one attached hydrogen (secondary N) is 2. The van der Waals surface area contributed by atoms with Crippen LogP contribution in [0.4, 0.5) is 4.39 Å². The van der Waals surface area contributed by atoms with Crippen LogP contribution in [-0.4, -0.2) is 30.4 Å². The molecule has 0 unspecified atom stereocenters. The van der Waals surface area contributed by atoms with Crippen LogP contribution in [0.25, 0.3) is 0 Å². The Labute approximate surface area is 175 Å². The molecule has 6 nitrogen and oxygen atoms in total. The fraction of sp³-hybridized carbons (Fsp3) is 0.348. The third kappa shape index (κ3) is 7.66. The average molecular weight is 414 g/mol. The maximum atomic E-state index is 13.8. The summed E-state index contributed by atoms with van der Waals surface area (Å²) < 4.78 is 19.0. The van der Waals surface area contributed by atoms with Gasteiger partial charge in [-0.05, 0) is 43.0 Å². The van der Waals surface area contributed by atoms with Crippen LogP contribution in [0.2, 0.25) is 0 Å². The van der Waals surface area contributed by atoms with Crippen LogP contribution in [0.1, 0.15) is 43.5 Å². The third-order valence-electron chi connectivity index (χ3n) is 4.28. The molecule has 2 amide bonds. The maximum absolute atomic E-state index is 13.8. The molecule has 30 heavy (non-hydrogen) atoms. The molecule has 7 heteroatoms. The smallest absolute Gasteiger partial charge is 0.311 e. The van der Waals surface area contributed by atoms with E-state index in [0.29, 0.717) is 18.6 Å². The molecule has 0 aromatic heterocycles. The highest BCUT2D eigenvalue weighted by molar-refractivity contribution is 5.97. The molecule has 0 heterocycles. The number of hydrogen-bond donors (Lipinski definition) is 2. The van der Waals surface area contributed by atoms with Crippen LogP contribution in [0.15, 0.2) is 54.6 Å². The zero-order valence-electron chi connectivity index (χ0n) is 17.2. The van der Waals surface area contributed by atoms with Crippen molar-refractivity contribution in [2.75, 3.05) is 6.54 Å². The number of hydrogen-bond acceptors (Lipinski definition) is 4. The molecule has 2 aromatic carbocycles. The largest absolute Gasteiger partial charge is 0.427 e. The zero-order chi connectivity index (χ0) is 21.9. The predicted molar refractivity (Wildman–Crippen MR) is 111 cm³/mol. The molecule has 0 bridgehead atoms. The van der Waals surface area contributed by atoms with Gasteiger partial charge in [-0.3, -0.25) is 14.4 Å². The van der Waals surface area contributed by atoms with Gasteiger partial charge < -0.3 is 15.4 Å². The summed E-state index contributed by atoms with van der Waals surface area (Å²) in [5.74, 6) is -1.43. The summed E-state index contributed by atoms with van der Waals surface area (Å²) in [5, 5.41) is 5.33. The molecule has 0 aliphatic heterocycles. The molecular weight excluding hydrogens is 387 g/mol. The van der Waals surface area contributed by atoms with Crippen molar-refractivity contribution in [3.8, 4) is 5.75 Å². The van der Waals surface area contributed by atoms with Crippen LogP contribution in [-0.2, 0) is 9.59 Å². The molecule has 2 rings (SSSR count). The molecule has 0 aliphatic carbocycles. The summed E-state index contributed by atoms with van der Waals surface area (Å²) in [6, 6.07) is 13.6. The summed E-state index contributed by atoms with van der Waals surface area (Å²) in [7, 11) is 0. The standard InChI is InChI=1S/C23H27FN2O4/c1-16(2)15-20(26-22(28)18-11-6-7-12-19(18)24)23(29)25-14-8-13-21(27)30-17-9-4-3-5-10-17/h3-7,9-12,16,20H,8,13-15H2,1-2H3,(H,25,29)(H,26,28)/t20-/m0/s1. The number of rotatable bonds is 10. The number of carbonyl (C=O) groups excluding carboxylic acids is 3. The van der Waals surface area contributed by atoms with E-state index in [1.165, 1.54) is 18.2 Å². The molecule has 1 atom stereocenters. The molecular formula is C23H27FN2O4. The van der Waals surface area contributed by atoms with Gasteiger partial charge in [-0.2, -0.15) is 0 Å². The van der Waals surface area contributed by atoms with Crippen LogP contribution in [0.5, 0.6) is 5.75 Å². The first kappa shape index (κ1) is 23.1. The fourth-order valence-corrected chi connectivity index (χ4v) is 2.82. The van der Waals surface area contributed by atoms with Crippen LogP contribution in [0, 0.1) is 11.7 Å². The van der Waals surface area contributed by atoms with Gasteiger partial charge in [0.2, 0.25) is 5.91 Å². The highest BCUT2D eigenvalue weighted by Crippen LogP contribution is 2.11. The van der Waals surface area contributed by atoms with E-state index in [4.69, 9.17) is 4.74 Å². The monoisotopic (exact) mass is 414 g/mol. The highest BCUT2D eigenvalue weighted by atomic mass is 19.1. The first-order chi connectivity index (χ1) is 14.4. The van der Waals surface area contributed by atoms with Crippen LogP contribution < -0.4 is 15.4 Å². The second kappa shape index (κ2) is 11.7. The Bertz CT molecular complexity index is 855. The Kier molecular flexibility index (Phi) is 9.00. The van der Waals surface area contributed by atoms with Crippen molar-refractivity contribution in [2.24, 2.45) is 5.92 Å². The van der Waals surface area contributed by atoms with E-state index in [2.05, 4.69) is 10.6 Å². The van der Waals surface area contributed by atoms with Gasteiger partial charge in [-0.15, -0.1) is 0 Å². The Morgan fingerprint density at radius 1 is 1.00 bits per heavy atom. The van der Waals surface area contributed by atoms with Crippen LogP contribution in [0.3, 0.4) is 0 Å². The summed E-state index contributed by atoms with van der Waals surface area (Å²) >= 11 is 0. The van der Waals surface area contributed by atoms with Gasteiger partial charge >= 0.3 is 5.97 Å². The summed E-state index contributed by atoms with van der Waals surface area (Å²) in [6.07, 6.45) is 0.945. The van der Waals surface area contributed by atoms with E-state index in [1.807, 2.05) is 19.9 Å². The average Bonchev–Trinajstić information content (AvgIpc) is 2.71. The summed E-state index contributed by atoms with van der Waals surface area (Å²) in [5.41, 5.74) is -0.109. The Morgan fingerprint density at radius 2 is 1.67 bits per heavy atom. The molecule has 0 aliphatic rings. The van der Waals surface area contributed by atoms with E-state index in [9.17, 15) is 18.8 Å². The fourth-order valence-electron chi connectivity index (χ4n) is 2.82. The quantitative estimate of drug-likeness (QED) is 0.354. The lowest BCUT2D eigenvalue weighted by molar-refractivity contribution is -0.134. The van der Waals surface area contributed by atoms with E-state index < -0.39 is 17.8 Å². The van der Waals surface area contributed by atoms with Gasteiger partial charge in [-0.1, -0.05) is 44.2 Å². The molecule has 0 radical (unpaired) electrons. The third-order valence-corrected chi connectivity index (χ3v) is 4.28. The Balaban J connectivity index is 1.82. The SMILES string of the molecule is CC(C)C[C@H](NC(=O)c1ccccc1F)C(=O)NCCCC(=O)Oc1ccccc1. The minimum atomic E-state index is -0.798. The number of esters is 1. The predicted octanol–water partition coefficient (Wildman–Crippen LogP) is 3.47. The lowest BCUT2D eigenvalue weighted by atomic mass is 10.0. The lowest BCUT2D eigenvalue weighted by Crippen LogP contribution is -2.47. The number of halogens is 1. The topological polar surface area (TPSA) is 84.5 Å². The highest BCUT2D eigenvalue weighted by Gasteiger charge is 2.23. The lowest BCUT2D eigenvalue weighted by Gasteiger charge is -2.20. The molecule has 160 valence electrons. The first-order valence-electron chi connectivity index (χ1n) is 9.95. The van der Waals surface area contributed by atoms with Gasteiger partial charge in [0, 0.05) is 13.0 Å². The van der Waals surface area contributed by atoms with Gasteiger partial charge in [0.1, 0.15) is 17.6 Å². The number of amides is 2. The number of benzene rings is 2. The van der Waals surface area contributed by atoms with Crippen molar-refractivity contribution in [1.29, 1.82) is 0 Å². The second-order valence-corrected chi connectivity index (χ2v) is 7.32.